The average molecular weight is 447 g/mol. The molecule has 162 valence electrons. The standard InChI is InChI=1S/C18H26N2O7S2/c1-13-4-6-16(7-5-13)29(25,26)19-10-8-17(21)27-14(2)18(22)20(3)15-9-11-28(23,24)12-15/h4-7,14-15,19H,8-12H2,1-3H3/t14-,15-/m1/s1. The molecule has 1 amide bonds. The maximum atomic E-state index is 12.4. The zero-order valence-electron chi connectivity index (χ0n) is 16.6. The SMILES string of the molecule is Cc1ccc(S(=O)(=O)NCCC(=O)O[C@H](C)C(=O)N(C)[C@@H]2CCS(=O)(=O)C2)cc1. The van der Waals surface area contributed by atoms with Crippen LogP contribution in [0.2, 0.25) is 0 Å². The molecular weight excluding hydrogens is 420 g/mol. The van der Waals surface area contributed by atoms with Gasteiger partial charge in [-0.25, -0.2) is 21.6 Å². The lowest BCUT2D eigenvalue weighted by Crippen LogP contribution is -2.44. The van der Waals surface area contributed by atoms with Crippen LogP contribution in [0, 0.1) is 6.92 Å². The van der Waals surface area contributed by atoms with Crippen LogP contribution in [0.3, 0.4) is 0 Å². The van der Waals surface area contributed by atoms with Gasteiger partial charge in [0.1, 0.15) is 0 Å². The van der Waals surface area contributed by atoms with E-state index >= 15 is 0 Å². The number of nitrogens with zero attached hydrogens (tertiary/aromatic N) is 1. The van der Waals surface area contributed by atoms with Crippen LogP contribution in [0.25, 0.3) is 0 Å². The summed E-state index contributed by atoms with van der Waals surface area (Å²) in [4.78, 5) is 25.7. The van der Waals surface area contributed by atoms with Gasteiger partial charge in [0.05, 0.1) is 22.8 Å². The summed E-state index contributed by atoms with van der Waals surface area (Å²) in [5.41, 5.74) is 0.923. The Labute approximate surface area is 171 Å². The van der Waals surface area contributed by atoms with E-state index in [0.717, 1.165) is 5.56 Å². The van der Waals surface area contributed by atoms with Crippen LogP contribution >= 0.6 is 0 Å². The fraction of sp³-hybridized carbons (Fsp3) is 0.556. The number of carbonyl (C=O) groups is 2. The van der Waals surface area contributed by atoms with E-state index in [9.17, 15) is 26.4 Å². The first-order chi connectivity index (χ1) is 13.4. The Kier molecular flexibility index (Phi) is 7.41. The van der Waals surface area contributed by atoms with Crippen molar-refractivity contribution in [2.45, 2.75) is 43.7 Å². The molecule has 11 heteroatoms. The Hall–Kier alpha value is -1.98. The van der Waals surface area contributed by atoms with Crippen molar-refractivity contribution in [3.63, 3.8) is 0 Å². The molecule has 1 heterocycles. The number of hydrogen-bond donors (Lipinski definition) is 1. The predicted octanol–water partition coefficient (Wildman–Crippen LogP) is 0.241. The third-order valence-corrected chi connectivity index (χ3v) is 7.94. The zero-order chi connectivity index (χ0) is 21.8. The first-order valence-electron chi connectivity index (χ1n) is 9.14. The summed E-state index contributed by atoms with van der Waals surface area (Å²) < 4.78 is 54.8. The molecular formula is C18H26N2O7S2. The van der Waals surface area contributed by atoms with E-state index in [1.807, 2.05) is 6.92 Å². The summed E-state index contributed by atoms with van der Waals surface area (Å²) in [6.07, 6.45) is -0.986. The molecule has 29 heavy (non-hydrogen) atoms. The Balaban J connectivity index is 1.81. The van der Waals surface area contributed by atoms with E-state index < -0.39 is 43.9 Å². The lowest BCUT2D eigenvalue weighted by Gasteiger charge is -2.26. The number of sulfonamides is 1. The lowest BCUT2D eigenvalue weighted by molar-refractivity contribution is -0.159. The van der Waals surface area contributed by atoms with Gasteiger partial charge in [0.2, 0.25) is 10.0 Å². The molecule has 1 aromatic rings. The van der Waals surface area contributed by atoms with Gasteiger partial charge in [-0.2, -0.15) is 0 Å². The second kappa shape index (κ2) is 9.23. The third kappa shape index (κ3) is 6.51. The van der Waals surface area contributed by atoms with Gasteiger partial charge >= 0.3 is 5.97 Å². The number of benzene rings is 1. The van der Waals surface area contributed by atoms with Crippen LogP contribution in [0.1, 0.15) is 25.3 Å². The lowest BCUT2D eigenvalue weighted by atomic mass is 10.2. The van der Waals surface area contributed by atoms with E-state index in [1.54, 1.807) is 12.1 Å². The number of likely N-dealkylation sites (N-methyl/N-ethyl adjacent to an activating group) is 1. The summed E-state index contributed by atoms with van der Waals surface area (Å²) in [6, 6.07) is 5.84. The molecule has 0 bridgehead atoms. The van der Waals surface area contributed by atoms with Crippen molar-refractivity contribution >= 4 is 31.7 Å². The van der Waals surface area contributed by atoms with Crippen LogP contribution in [0.4, 0.5) is 0 Å². The van der Waals surface area contributed by atoms with Crippen LogP contribution in [0.15, 0.2) is 29.2 Å². The smallest absolute Gasteiger partial charge is 0.307 e. The van der Waals surface area contributed by atoms with Crippen LogP contribution in [-0.2, 0) is 34.2 Å². The minimum absolute atomic E-state index is 0.0323. The van der Waals surface area contributed by atoms with Crippen molar-refractivity contribution in [1.82, 2.24) is 9.62 Å². The fourth-order valence-corrected chi connectivity index (χ4v) is 5.75. The van der Waals surface area contributed by atoms with E-state index in [2.05, 4.69) is 4.72 Å². The van der Waals surface area contributed by atoms with Crippen molar-refractivity contribution in [3.05, 3.63) is 29.8 Å². The highest BCUT2D eigenvalue weighted by Gasteiger charge is 2.34. The quantitative estimate of drug-likeness (QED) is 0.567. The van der Waals surface area contributed by atoms with Gasteiger partial charge in [0, 0.05) is 19.6 Å². The number of aryl methyl sites for hydroxylation is 1. The number of hydrogen-bond acceptors (Lipinski definition) is 7. The highest BCUT2D eigenvalue weighted by molar-refractivity contribution is 7.91. The number of nitrogens with one attached hydrogen (secondary N) is 1. The first kappa shape index (κ1) is 23.3. The van der Waals surface area contributed by atoms with Crippen molar-refractivity contribution in [2.75, 3.05) is 25.1 Å². The normalized spacial score (nSPS) is 19.5. The molecule has 0 radical (unpaired) electrons. The van der Waals surface area contributed by atoms with Crippen molar-refractivity contribution < 1.29 is 31.2 Å². The van der Waals surface area contributed by atoms with E-state index in [1.165, 1.54) is 31.0 Å². The summed E-state index contributed by atoms with van der Waals surface area (Å²) in [7, 11) is -5.40. The van der Waals surface area contributed by atoms with Crippen molar-refractivity contribution in [2.24, 2.45) is 0 Å². The minimum Gasteiger partial charge on any atom is -0.452 e. The Bertz CT molecular complexity index is 956. The highest BCUT2D eigenvalue weighted by Crippen LogP contribution is 2.18. The molecule has 1 saturated heterocycles. The number of ether oxygens (including phenoxy) is 1. The Morgan fingerprint density at radius 3 is 2.45 bits per heavy atom. The van der Waals surface area contributed by atoms with Crippen LogP contribution in [-0.4, -0.2) is 70.9 Å². The topological polar surface area (TPSA) is 127 Å². The summed E-state index contributed by atoms with van der Waals surface area (Å²) in [5, 5.41) is 0. The molecule has 2 rings (SSSR count). The highest BCUT2D eigenvalue weighted by atomic mass is 32.2. The van der Waals surface area contributed by atoms with Crippen molar-refractivity contribution in [1.29, 1.82) is 0 Å². The van der Waals surface area contributed by atoms with Gasteiger partial charge in [0.25, 0.3) is 5.91 Å². The molecule has 1 aliphatic heterocycles. The molecule has 2 atom stereocenters. The maximum Gasteiger partial charge on any atom is 0.307 e. The molecule has 9 nitrogen and oxygen atoms in total. The molecule has 0 aliphatic carbocycles. The van der Waals surface area contributed by atoms with Crippen LogP contribution < -0.4 is 4.72 Å². The van der Waals surface area contributed by atoms with Gasteiger partial charge in [-0.3, -0.25) is 9.59 Å². The largest absolute Gasteiger partial charge is 0.452 e. The summed E-state index contributed by atoms with van der Waals surface area (Å²) in [6.45, 7) is 3.06. The molecule has 1 N–H and O–H groups in total. The molecule has 0 saturated carbocycles. The number of esters is 1. The number of sulfone groups is 1. The van der Waals surface area contributed by atoms with E-state index in [4.69, 9.17) is 4.74 Å². The molecule has 0 spiro atoms. The monoisotopic (exact) mass is 446 g/mol. The second-order valence-electron chi connectivity index (χ2n) is 7.10. The Morgan fingerprint density at radius 2 is 1.90 bits per heavy atom. The van der Waals surface area contributed by atoms with E-state index in [0.29, 0.717) is 6.42 Å². The average Bonchev–Trinajstić information content (AvgIpc) is 3.00. The molecule has 0 unspecified atom stereocenters. The Morgan fingerprint density at radius 1 is 1.28 bits per heavy atom. The third-order valence-electron chi connectivity index (χ3n) is 4.71. The molecule has 1 aliphatic rings. The number of amides is 1. The maximum absolute atomic E-state index is 12.4. The number of carbonyl (C=O) groups excluding carboxylic acids is 2. The molecule has 1 fully saturated rings. The van der Waals surface area contributed by atoms with Gasteiger partial charge in [-0.15, -0.1) is 0 Å². The number of rotatable bonds is 8. The van der Waals surface area contributed by atoms with Crippen LogP contribution in [0.5, 0.6) is 0 Å². The van der Waals surface area contributed by atoms with Gasteiger partial charge < -0.3 is 9.64 Å². The fourth-order valence-electron chi connectivity index (χ4n) is 2.94. The van der Waals surface area contributed by atoms with Gasteiger partial charge in [-0.1, -0.05) is 17.7 Å². The molecule has 0 aromatic heterocycles. The van der Waals surface area contributed by atoms with Crippen molar-refractivity contribution in [3.8, 4) is 0 Å². The van der Waals surface area contributed by atoms with Gasteiger partial charge in [-0.05, 0) is 32.4 Å². The second-order valence-corrected chi connectivity index (χ2v) is 11.1. The van der Waals surface area contributed by atoms with E-state index in [-0.39, 0.29) is 29.4 Å². The minimum atomic E-state index is -3.74. The zero-order valence-corrected chi connectivity index (χ0v) is 18.3. The predicted molar refractivity (Wildman–Crippen MR) is 106 cm³/mol. The van der Waals surface area contributed by atoms with Gasteiger partial charge in [0.15, 0.2) is 15.9 Å². The summed E-state index contributed by atoms with van der Waals surface area (Å²) >= 11 is 0. The molecule has 1 aromatic carbocycles. The summed E-state index contributed by atoms with van der Waals surface area (Å²) in [5.74, 6) is -1.30. The first-order valence-corrected chi connectivity index (χ1v) is 12.4.